The number of aryl methyl sites for hydroxylation is 1. The molecule has 3 heterocycles. The molecule has 1 amide bonds. The van der Waals surface area contributed by atoms with Crippen LogP contribution in [0.25, 0.3) is 5.69 Å². The first-order valence-corrected chi connectivity index (χ1v) is 12.5. The van der Waals surface area contributed by atoms with Crippen LogP contribution in [0.3, 0.4) is 0 Å². The molecule has 8 heteroatoms. The first kappa shape index (κ1) is 24.0. The molecule has 182 valence electrons. The van der Waals surface area contributed by atoms with Gasteiger partial charge in [0.1, 0.15) is 6.54 Å². The summed E-state index contributed by atoms with van der Waals surface area (Å²) in [5.74, 6) is -0.136. The molecule has 2 N–H and O–H groups in total. The third kappa shape index (κ3) is 4.72. The average Bonchev–Trinajstić information content (AvgIpc) is 3.35. The van der Waals surface area contributed by atoms with Gasteiger partial charge in [-0.25, -0.2) is 0 Å². The highest BCUT2D eigenvalue weighted by Crippen LogP contribution is 2.41. The van der Waals surface area contributed by atoms with Crippen molar-refractivity contribution in [3.05, 3.63) is 113 Å². The zero-order chi connectivity index (χ0) is 25.2. The Balaban J connectivity index is 1.53. The van der Waals surface area contributed by atoms with Crippen LogP contribution >= 0.6 is 23.8 Å². The van der Waals surface area contributed by atoms with E-state index < -0.39 is 0 Å². The maximum absolute atomic E-state index is 13.1. The fraction of sp³-hybridized carbons (Fsp3) is 0.179. The minimum Gasteiger partial charge on any atom is -0.352 e. The summed E-state index contributed by atoms with van der Waals surface area (Å²) in [6.07, 6.45) is 1.78. The molecule has 5 rings (SSSR count). The van der Waals surface area contributed by atoms with E-state index in [4.69, 9.17) is 23.8 Å². The monoisotopic (exact) mass is 515 g/mol. The molecular weight excluding hydrogens is 490 g/mol. The number of pyridine rings is 1. The summed E-state index contributed by atoms with van der Waals surface area (Å²) in [5, 5.41) is 7.62. The van der Waals surface area contributed by atoms with Gasteiger partial charge in [-0.15, -0.1) is 0 Å². The van der Waals surface area contributed by atoms with Gasteiger partial charge in [0.2, 0.25) is 5.91 Å². The first-order valence-electron chi connectivity index (χ1n) is 11.7. The maximum Gasteiger partial charge on any atom is 0.244 e. The molecule has 0 aliphatic carbocycles. The summed E-state index contributed by atoms with van der Waals surface area (Å²) in [6.45, 7) is 4.28. The summed E-state index contributed by atoms with van der Waals surface area (Å²) < 4.78 is 2.20. The predicted molar refractivity (Wildman–Crippen MR) is 147 cm³/mol. The number of hydrogen-bond acceptors (Lipinski definition) is 3. The summed E-state index contributed by atoms with van der Waals surface area (Å²) >= 11 is 11.9. The maximum atomic E-state index is 13.1. The quantitative estimate of drug-likeness (QED) is 0.320. The molecule has 0 radical (unpaired) electrons. The van der Waals surface area contributed by atoms with E-state index in [0.29, 0.717) is 10.1 Å². The summed E-state index contributed by atoms with van der Waals surface area (Å²) in [7, 11) is 0. The lowest BCUT2D eigenvalue weighted by Gasteiger charge is -2.27. The van der Waals surface area contributed by atoms with E-state index in [9.17, 15) is 4.79 Å². The first-order chi connectivity index (χ1) is 17.4. The molecule has 2 aromatic heterocycles. The number of para-hydroxylation sites is 1. The third-order valence-electron chi connectivity index (χ3n) is 6.44. The van der Waals surface area contributed by atoms with Gasteiger partial charge >= 0.3 is 0 Å². The number of nitrogens with one attached hydrogen (secondary N) is 2. The minimum atomic E-state index is -0.221. The highest BCUT2D eigenvalue weighted by molar-refractivity contribution is 7.80. The molecule has 2 atom stereocenters. The van der Waals surface area contributed by atoms with E-state index in [1.54, 1.807) is 6.20 Å². The van der Waals surface area contributed by atoms with Gasteiger partial charge in [-0.1, -0.05) is 35.9 Å². The second-order valence-corrected chi connectivity index (χ2v) is 9.63. The summed E-state index contributed by atoms with van der Waals surface area (Å²) in [5.41, 5.74) is 5.87. The van der Waals surface area contributed by atoms with Crippen molar-refractivity contribution in [2.24, 2.45) is 0 Å². The number of amides is 1. The number of nitrogens with zero attached hydrogens (tertiary/aromatic N) is 3. The van der Waals surface area contributed by atoms with Gasteiger partial charge in [-0.3, -0.25) is 9.78 Å². The molecule has 6 nitrogen and oxygen atoms in total. The lowest BCUT2D eigenvalue weighted by Crippen LogP contribution is -2.37. The Morgan fingerprint density at radius 3 is 2.47 bits per heavy atom. The molecule has 0 saturated carbocycles. The van der Waals surface area contributed by atoms with E-state index >= 15 is 0 Å². The van der Waals surface area contributed by atoms with E-state index in [1.165, 1.54) is 0 Å². The van der Waals surface area contributed by atoms with E-state index in [0.717, 1.165) is 34.0 Å². The van der Waals surface area contributed by atoms with E-state index in [1.807, 2.05) is 77.7 Å². The highest BCUT2D eigenvalue weighted by Gasteiger charge is 2.42. The van der Waals surface area contributed by atoms with Gasteiger partial charge in [0.05, 0.1) is 17.8 Å². The van der Waals surface area contributed by atoms with Crippen LogP contribution in [0.1, 0.15) is 34.7 Å². The van der Waals surface area contributed by atoms with Crippen LogP contribution in [0.2, 0.25) is 5.02 Å². The Morgan fingerprint density at radius 2 is 1.78 bits per heavy atom. The molecule has 0 unspecified atom stereocenters. The lowest BCUT2D eigenvalue weighted by atomic mass is 9.96. The van der Waals surface area contributed by atoms with Gasteiger partial charge in [0.25, 0.3) is 0 Å². The van der Waals surface area contributed by atoms with Crippen molar-refractivity contribution < 1.29 is 4.79 Å². The largest absolute Gasteiger partial charge is 0.352 e. The van der Waals surface area contributed by atoms with E-state index in [-0.39, 0.29) is 24.5 Å². The second kappa shape index (κ2) is 10.1. The number of halogens is 1. The Hall–Kier alpha value is -3.68. The molecule has 1 aliphatic rings. The van der Waals surface area contributed by atoms with Crippen molar-refractivity contribution in [2.75, 3.05) is 11.9 Å². The molecule has 36 heavy (non-hydrogen) atoms. The number of carbonyl (C=O) groups is 1. The average molecular weight is 516 g/mol. The zero-order valence-corrected chi connectivity index (χ0v) is 21.6. The normalized spacial score (nSPS) is 17.2. The predicted octanol–water partition coefficient (Wildman–Crippen LogP) is 5.75. The van der Waals surface area contributed by atoms with Crippen LogP contribution in [0.15, 0.2) is 85.1 Å². The molecule has 0 bridgehead atoms. The second-order valence-electron chi connectivity index (χ2n) is 8.81. The van der Waals surface area contributed by atoms with Gasteiger partial charge in [0.15, 0.2) is 5.11 Å². The van der Waals surface area contributed by atoms with Crippen LogP contribution in [0.4, 0.5) is 5.69 Å². The molecular formula is C28H26ClN5OS. The van der Waals surface area contributed by atoms with Crippen LogP contribution < -0.4 is 10.6 Å². The highest BCUT2D eigenvalue weighted by atomic mass is 35.5. The van der Waals surface area contributed by atoms with Crippen LogP contribution in [0.5, 0.6) is 0 Å². The Labute approximate surface area is 220 Å². The summed E-state index contributed by atoms with van der Waals surface area (Å²) in [6, 6.07) is 24.8. The molecule has 2 aromatic carbocycles. The standard InChI is InChI=1S/C28H26ClN5OS/c1-18-16-23(19(2)34(18)22-13-11-20(29)12-14-22)27-26(24-10-6-7-15-30-24)32-28(36)33(27)17-25(35)31-21-8-4-3-5-9-21/h3-16,26-27H,17H2,1-2H3,(H,31,35)(H,32,36)/t26-,27-/m0/s1. The zero-order valence-electron chi connectivity index (χ0n) is 20.0. The molecule has 1 fully saturated rings. The van der Waals surface area contributed by atoms with Gasteiger partial charge in [-0.2, -0.15) is 0 Å². The fourth-order valence-electron chi connectivity index (χ4n) is 4.87. The number of anilines is 1. The molecule has 1 saturated heterocycles. The van der Waals surface area contributed by atoms with Crippen molar-refractivity contribution >= 4 is 40.5 Å². The van der Waals surface area contributed by atoms with Crippen LogP contribution in [-0.4, -0.2) is 32.0 Å². The number of thiocarbonyl (C=S) groups is 1. The number of aromatic nitrogens is 2. The van der Waals surface area contributed by atoms with Gasteiger partial charge < -0.3 is 20.1 Å². The molecule has 0 spiro atoms. The van der Waals surface area contributed by atoms with Crippen molar-refractivity contribution in [3.8, 4) is 5.69 Å². The Kier molecular flexibility index (Phi) is 6.76. The van der Waals surface area contributed by atoms with Gasteiger partial charge in [0, 0.05) is 34.0 Å². The number of rotatable bonds is 6. The Bertz CT molecular complexity index is 1390. The van der Waals surface area contributed by atoms with Crippen LogP contribution in [0, 0.1) is 13.8 Å². The van der Waals surface area contributed by atoms with Gasteiger partial charge in [-0.05, 0) is 86.2 Å². The lowest BCUT2D eigenvalue weighted by molar-refractivity contribution is -0.116. The Morgan fingerprint density at radius 1 is 1.06 bits per heavy atom. The number of hydrogen-bond donors (Lipinski definition) is 2. The molecule has 4 aromatic rings. The topological polar surface area (TPSA) is 62.2 Å². The van der Waals surface area contributed by atoms with Crippen molar-refractivity contribution in [1.82, 2.24) is 19.8 Å². The van der Waals surface area contributed by atoms with Crippen molar-refractivity contribution in [2.45, 2.75) is 25.9 Å². The van der Waals surface area contributed by atoms with E-state index in [2.05, 4.69) is 40.1 Å². The van der Waals surface area contributed by atoms with Crippen molar-refractivity contribution in [1.29, 1.82) is 0 Å². The summed E-state index contributed by atoms with van der Waals surface area (Å²) in [4.78, 5) is 19.6. The third-order valence-corrected chi connectivity index (χ3v) is 7.05. The SMILES string of the molecule is Cc1cc([C@H]2[C@H](c3ccccn3)NC(=S)N2CC(=O)Nc2ccccc2)c(C)n1-c1ccc(Cl)cc1. The minimum absolute atomic E-state index is 0.110. The fourth-order valence-corrected chi connectivity index (χ4v) is 5.30. The smallest absolute Gasteiger partial charge is 0.244 e. The number of carbonyl (C=O) groups excluding carboxylic acids is 1. The number of benzene rings is 2. The molecule has 1 aliphatic heterocycles. The van der Waals surface area contributed by atoms with Crippen molar-refractivity contribution in [3.63, 3.8) is 0 Å². The van der Waals surface area contributed by atoms with Crippen LogP contribution in [-0.2, 0) is 4.79 Å².